The second kappa shape index (κ2) is 8.46. The molecule has 152 valence electrons. The van der Waals surface area contributed by atoms with Crippen LogP contribution < -0.4 is 11.1 Å². The first kappa shape index (κ1) is 19.8. The molecule has 0 amide bonds. The molecule has 0 saturated heterocycles. The van der Waals surface area contributed by atoms with Crippen molar-refractivity contribution < 1.29 is 4.39 Å². The fourth-order valence-corrected chi connectivity index (χ4v) is 3.58. The first-order valence-corrected chi connectivity index (χ1v) is 10.1. The molecular weight excluding hydrogens is 403 g/mol. The number of aromatic nitrogens is 6. The van der Waals surface area contributed by atoms with Crippen molar-refractivity contribution in [3.05, 3.63) is 65.7 Å². The third-order valence-electron chi connectivity index (χ3n) is 4.36. The minimum absolute atomic E-state index is 0.140. The van der Waals surface area contributed by atoms with E-state index in [0.29, 0.717) is 28.5 Å². The molecule has 0 bridgehead atoms. The smallest absolute Gasteiger partial charge is 0.232 e. The normalized spacial score (nSPS) is 10.9. The third-order valence-corrected chi connectivity index (χ3v) is 5.37. The van der Waals surface area contributed by atoms with Crippen LogP contribution in [0.3, 0.4) is 0 Å². The third kappa shape index (κ3) is 4.38. The van der Waals surface area contributed by atoms with Crippen LogP contribution in [0.25, 0.3) is 11.4 Å². The molecule has 0 saturated carbocycles. The summed E-state index contributed by atoms with van der Waals surface area (Å²) in [6.07, 6.45) is 0. The second-order valence-electron chi connectivity index (χ2n) is 6.53. The lowest BCUT2D eigenvalue weighted by Crippen LogP contribution is -2.07. The Morgan fingerprint density at radius 2 is 1.80 bits per heavy atom. The lowest BCUT2D eigenvalue weighted by molar-refractivity contribution is 0.628. The number of para-hydroxylation sites is 1. The Morgan fingerprint density at radius 3 is 2.57 bits per heavy atom. The van der Waals surface area contributed by atoms with Crippen LogP contribution >= 0.6 is 11.8 Å². The van der Waals surface area contributed by atoms with Gasteiger partial charge in [-0.2, -0.15) is 15.0 Å². The van der Waals surface area contributed by atoms with E-state index in [9.17, 15) is 4.39 Å². The van der Waals surface area contributed by atoms with Crippen molar-refractivity contribution in [2.45, 2.75) is 17.8 Å². The zero-order chi connectivity index (χ0) is 21.1. The highest BCUT2D eigenvalue weighted by atomic mass is 32.2. The van der Waals surface area contributed by atoms with Crippen molar-refractivity contribution in [2.75, 3.05) is 11.1 Å². The van der Waals surface area contributed by atoms with Gasteiger partial charge in [0.2, 0.25) is 11.9 Å². The topological polar surface area (TPSA) is 107 Å². The van der Waals surface area contributed by atoms with E-state index in [4.69, 9.17) is 5.73 Å². The van der Waals surface area contributed by atoms with Crippen LogP contribution in [0, 0.1) is 12.7 Å². The van der Waals surface area contributed by atoms with Gasteiger partial charge >= 0.3 is 0 Å². The van der Waals surface area contributed by atoms with Crippen LogP contribution in [0.4, 0.5) is 22.0 Å². The van der Waals surface area contributed by atoms with Crippen molar-refractivity contribution >= 4 is 29.3 Å². The summed E-state index contributed by atoms with van der Waals surface area (Å²) in [5.41, 5.74) is 8.62. The monoisotopic (exact) mass is 422 g/mol. The quantitative estimate of drug-likeness (QED) is 0.453. The minimum Gasteiger partial charge on any atom is -0.368 e. The maximum Gasteiger partial charge on any atom is 0.232 e. The number of benzene rings is 2. The maximum absolute atomic E-state index is 13.2. The molecule has 0 radical (unpaired) electrons. The fraction of sp³-hybridized carbons (Fsp3) is 0.150. The Bertz CT molecular complexity index is 1180. The van der Waals surface area contributed by atoms with Crippen LogP contribution in [0.15, 0.2) is 53.7 Å². The average Bonchev–Trinajstić information content (AvgIpc) is 3.09. The van der Waals surface area contributed by atoms with Gasteiger partial charge in [0.15, 0.2) is 11.0 Å². The van der Waals surface area contributed by atoms with Gasteiger partial charge in [-0.05, 0) is 42.8 Å². The van der Waals surface area contributed by atoms with E-state index in [-0.39, 0.29) is 11.8 Å². The molecule has 0 fully saturated rings. The Balaban J connectivity index is 1.50. The summed E-state index contributed by atoms with van der Waals surface area (Å²) in [5, 5.41) is 12.3. The zero-order valence-electron chi connectivity index (χ0n) is 16.4. The Labute approximate surface area is 176 Å². The molecule has 30 heavy (non-hydrogen) atoms. The van der Waals surface area contributed by atoms with Crippen LogP contribution in [0.5, 0.6) is 0 Å². The van der Waals surface area contributed by atoms with Gasteiger partial charge in [-0.15, -0.1) is 10.2 Å². The molecule has 0 spiro atoms. The lowest BCUT2D eigenvalue weighted by Gasteiger charge is -2.09. The Hall–Kier alpha value is -3.53. The minimum atomic E-state index is -0.293. The average molecular weight is 422 g/mol. The first-order valence-electron chi connectivity index (χ1n) is 9.11. The molecule has 10 heteroatoms. The molecule has 0 aliphatic heterocycles. The van der Waals surface area contributed by atoms with Gasteiger partial charge < -0.3 is 15.6 Å². The highest BCUT2D eigenvalue weighted by molar-refractivity contribution is 7.98. The molecule has 0 unspecified atom stereocenters. The number of anilines is 3. The lowest BCUT2D eigenvalue weighted by atomic mass is 10.2. The molecule has 4 rings (SSSR count). The molecule has 3 N–H and O–H groups in total. The number of nitrogens with zero attached hydrogens (tertiary/aromatic N) is 6. The van der Waals surface area contributed by atoms with Gasteiger partial charge in [-0.1, -0.05) is 30.0 Å². The summed E-state index contributed by atoms with van der Waals surface area (Å²) >= 11 is 1.42. The molecule has 0 aliphatic carbocycles. The van der Waals surface area contributed by atoms with Gasteiger partial charge in [0.1, 0.15) is 11.6 Å². The molecule has 4 aromatic rings. The highest BCUT2D eigenvalue weighted by Gasteiger charge is 2.13. The van der Waals surface area contributed by atoms with Gasteiger partial charge in [0.05, 0.1) is 5.75 Å². The number of thioether (sulfide) groups is 1. The van der Waals surface area contributed by atoms with E-state index in [2.05, 4.69) is 30.5 Å². The van der Waals surface area contributed by atoms with Gasteiger partial charge in [0, 0.05) is 18.3 Å². The predicted octanol–water partition coefficient (Wildman–Crippen LogP) is 3.73. The number of hydrogen-bond donors (Lipinski definition) is 2. The van der Waals surface area contributed by atoms with Crippen LogP contribution in [0.2, 0.25) is 0 Å². The van der Waals surface area contributed by atoms with E-state index in [1.165, 1.54) is 23.9 Å². The van der Waals surface area contributed by atoms with Crippen molar-refractivity contribution in [1.82, 2.24) is 29.7 Å². The van der Waals surface area contributed by atoms with Gasteiger partial charge in [0.25, 0.3) is 0 Å². The van der Waals surface area contributed by atoms with Crippen molar-refractivity contribution in [1.29, 1.82) is 0 Å². The summed E-state index contributed by atoms with van der Waals surface area (Å²) in [7, 11) is 1.86. The Kier molecular flexibility index (Phi) is 5.57. The van der Waals surface area contributed by atoms with Crippen molar-refractivity contribution in [3.8, 4) is 11.4 Å². The van der Waals surface area contributed by atoms with E-state index in [1.807, 2.05) is 42.8 Å². The molecule has 2 heterocycles. The van der Waals surface area contributed by atoms with Crippen molar-refractivity contribution in [2.24, 2.45) is 7.05 Å². The predicted molar refractivity (Wildman–Crippen MR) is 115 cm³/mol. The van der Waals surface area contributed by atoms with Gasteiger partial charge in [-0.3, -0.25) is 0 Å². The van der Waals surface area contributed by atoms with Crippen LogP contribution in [-0.2, 0) is 12.8 Å². The largest absolute Gasteiger partial charge is 0.368 e. The number of halogens is 1. The highest BCUT2D eigenvalue weighted by Crippen LogP contribution is 2.25. The SMILES string of the molecule is Cc1ccccc1Nc1nc(N)nc(CSc2nnc(-c3ccc(F)cc3)n2C)n1. The molecule has 0 aliphatic rings. The molecule has 0 atom stereocenters. The summed E-state index contributed by atoms with van der Waals surface area (Å²) in [6.45, 7) is 2.00. The summed E-state index contributed by atoms with van der Waals surface area (Å²) in [6, 6.07) is 14.0. The van der Waals surface area contributed by atoms with Crippen LogP contribution in [-0.4, -0.2) is 29.7 Å². The summed E-state index contributed by atoms with van der Waals surface area (Å²) in [4.78, 5) is 12.8. The molecule has 2 aromatic heterocycles. The maximum atomic E-state index is 13.2. The number of nitrogen functional groups attached to an aromatic ring is 1. The number of rotatable bonds is 6. The van der Waals surface area contributed by atoms with E-state index < -0.39 is 0 Å². The fourth-order valence-electron chi connectivity index (χ4n) is 2.81. The van der Waals surface area contributed by atoms with E-state index >= 15 is 0 Å². The Morgan fingerprint density at radius 1 is 1.03 bits per heavy atom. The number of aryl methyl sites for hydroxylation is 1. The number of hydrogen-bond acceptors (Lipinski definition) is 8. The van der Waals surface area contributed by atoms with E-state index in [0.717, 1.165) is 16.8 Å². The van der Waals surface area contributed by atoms with Crippen LogP contribution in [0.1, 0.15) is 11.4 Å². The summed E-state index contributed by atoms with van der Waals surface area (Å²) < 4.78 is 15.0. The second-order valence-corrected chi connectivity index (χ2v) is 7.48. The standard InChI is InChI=1S/C20H19FN8S/c1-12-5-3-4-6-15(12)23-19-25-16(24-18(22)26-19)11-30-20-28-27-17(29(20)2)13-7-9-14(21)10-8-13/h3-10H,11H2,1-2H3,(H3,22,23,24,25,26). The number of nitrogens with two attached hydrogens (primary N) is 1. The summed E-state index contributed by atoms with van der Waals surface area (Å²) in [5.74, 6) is 1.84. The van der Waals surface area contributed by atoms with E-state index in [1.54, 1.807) is 12.1 Å². The zero-order valence-corrected chi connectivity index (χ0v) is 17.2. The number of nitrogens with one attached hydrogen (secondary N) is 1. The van der Waals surface area contributed by atoms with Gasteiger partial charge in [-0.25, -0.2) is 4.39 Å². The molecule has 2 aromatic carbocycles. The molecular formula is C20H19FN8S. The first-order chi connectivity index (χ1) is 14.5. The molecule has 8 nitrogen and oxygen atoms in total. The van der Waals surface area contributed by atoms with Crippen molar-refractivity contribution in [3.63, 3.8) is 0 Å².